The van der Waals surface area contributed by atoms with Gasteiger partial charge in [-0.2, -0.15) is 0 Å². The van der Waals surface area contributed by atoms with Crippen LogP contribution < -0.4 is 0 Å². The third kappa shape index (κ3) is 9.21. The Labute approximate surface area is 89.5 Å². The van der Waals surface area contributed by atoms with E-state index in [1.54, 1.807) is 0 Å². The van der Waals surface area contributed by atoms with Gasteiger partial charge in [-0.15, -0.1) is 0 Å². The van der Waals surface area contributed by atoms with Gasteiger partial charge in [-0.1, -0.05) is 27.7 Å². The van der Waals surface area contributed by atoms with Crippen molar-refractivity contribution in [2.45, 2.75) is 40.5 Å². The monoisotopic (exact) mass is 218 g/mol. The molecule has 88 valence electrons. The van der Waals surface area contributed by atoms with Gasteiger partial charge in [0.1, 0.15) is 0 Å². The van der Waals surface area contributed by atoms with Gasteiger partial charge < -0.3 is 0 Å². The van der Waals surface area contributed by atoms with Gasteiger partial charge in [0.15, 0.2) is 0 Å². The van der Waals surface area contributed by atoms with Crippen LogP contribution in [-0.2, 0) is 24.4 Å². The van der Waals surface area contributed by atoms with Crippen LogP contribution in [0.15, 0.2) is 0 Å². The van der Waals surface area contributed by atoms with Gasteiger partial charge in [-0.3, -0.25) is 9.78 Å². The lowest BCUT2D eigenvalue weighted by Gasteiger charge is -2.04. The molecule has 15 heavy (non-hydrogen) atoms. The molecule has 0 fully saturated rings. The van der Waals surface area contributed by atoms with E-state index in [0.717, 1.165) is 0 Å². The van der Waals surface area contributed by atoms with Gasteiger partial charge in [-0.05, 0) is 11.8 Å². The van der Waals surface area contributed by atoms with E-state index in [2.05, 4.69) is 14.8 Å². The van der Waals surface area contributed by atoms with E-state index in [1.165, 1.54) is 0 Å². The first-order chi connectivity index (χ1) is 6.91. The maximum atomic E-state index is 10.9. The molecule has 0 N–H and O–H groups in total. The van der Waals surface area contributed by atoms with Crippen molar-refractivity contribution in [2.75, 3.05) is 0 Å². The zero-order valence-corrected chi connectivity index (χ0v) is 9.61. The van der Waals surface area contributed by atoms with E-state index in [4.69, 9.17) is 0 Å². The molecule has 0 amide bonds. The van der Waals surface area contributed by atoms with Crippen molar-refractivity contribution in [3.8, 4) is 0 Å². The summed E-state index contributed by atoms with van der Waals surface area (Å²) in [6, 6.07) is 0. The second kappa shape index (κ2) is 7.23. The largest absolute Gasteiger partial charge is 0.346 e. The van der Waals surface area contributed by atoms with Crippen molar-refractivity contribution in [1.82, 2.24) is 0 Å². The summed E-state index contributed by atoms with van der Waals surface area (Å²) in [6.45, 7) is 7.47. The molecule has 0 aliphatic rings. The van der Waals surface area contributed by atoms with Crippen LogP contribution in [-0.4, -0.2) is 11.9 Å². The fourth-order valence-corrected chi connectivity index (χ4v) is 0.828. The third-order valence-corrected chi connectivity index (χ3v) is 1.40. The highest BCUT2D eigenvalue weighted by Crippen LogP contribution is 2.03. The van der Waals surface area contributed by atoms with Crippen molar-refractivity contribution in [3.05, 3.63) is 0 Å². The molecule has 0 rings (SSSR count). The molecule has 0 saturated heterocycles. The molecule has 0 aliphatic heterocycles. The van der Waals surface area contributed by atoms with Crippen LogP contribution in [0.3, 0.4) is 0 Å². The fraction of sp³-hybridized carbons (Fsp3) is 0.800. The van der Waals surface area contributed by atoms with Gasteiger partial charge in [-0.25, -0.2) is 9.59 Å². The highest BCUT2D eigenvalue weighted by atomic mass is 17.5. The van der Waals surface area contributed by atoms with E-state index in [9.17, 15) is 9.59 Å². The SMILES string of the molecule is CC(C)CC(=O)OOOC(=O)CC(C)C. The van der Waals surface area contributed by atoms with Crippen LogP contribution in [0.25, 0.3) is 0 Å². The van der Waals surface area contributed by atoms with Crippen molar-refractivity contribution >= 4 is 11.9 Å². The predicted octanol–water partition coefficient (Wildman–Crippen LogP) is 2.01. The van der Waals surface area contributed by atoms with Crippen LogP contribution in [0.4, 0.5) is 0 Å². The summed E-state index contributed by atoms with van der Waals surface area (Å²) >= 11 is 0. The average Bonchev–Trinajstić information content (AvgIpc) is 2.00. The lowest BCUT2D eigenvalue weighted by atomic mass is 10.1. The summed E-state index contributed by atoms with van der Waals surface area (Å²) in [7, 11) is 0. The minimum absolute atomic E-state index is 0.174. The van der Waals surface area contributed by atoms with Gasteiger partial charge >= 0.3 is 11.9 Å². The van der Waals surface area contributed by atoms with Crippen LogP contribution in [0.2, 0.25) is 0 Å². The highest BCUT2D eigenvalue weighted by molar-refractivity contribution is 5.69. The zero-order chi connectivity index (χ0) is 11.8. The van der Waals surface area contributed by atoms with E-state index in [-0.39, 0.29) is 24.7 Å². The molecule has 5 nitrogen and oxygen atoms in total. The molecule has 0 unspecified atom stereocenters. The van der Waals surface area contributed by atoms with E-state index in [0.29, 0.717) is 0 Å². The molecular formula is C10H18O5. The molecule has 0 heterocycles. The minimum Gasteiger partial charge on any atom is -0.260 e. The Hall–Kier alpha value is -1.10. The highest BCUT2D eigenvalue weighted by Gasteiger charge is 2.11. The second-order valence-corrected chi connectivity index (χ2v) is 4.17. The normalized spacial score (nSPS) is 10.5. The number of rotatable bonds is 6. The molecule has 0 radical (unpaired) electrons. The summed E-state index contributed by atoms with van der Waals surface area (Å²) in [5.41, 5.74) is 0. The summed E-state index contributed by atoms with van der Waals surface area (Å²) in [5, 5.41) is 4.06. The smallest absolute Gasteiger partial charge is 0.260 e. The summed E-state index contributed by atoms with van der Waals surface area (Å²) < 4.78 is 0. The lowest BCUT2D eigenvalue weighted by molar-refractivity contribution is -0.459. The first kappa shape index (κ1) is 13.9. The van der Waals surface area contributed by atoms with Gasteiger partial charge in [0, 0.05) is 5.04 Å². The van der Waals surface area contributed by atoms with Crippen molar-refractivity contribution < 1.29 is 24.4 Å². The molecule has 0 saturated carbocycles. The third-order valence-electron chi connectivity index (χ3n) is 1.40. The number of hydrogen-bond donors (Lipinski definition) is 0. The fourth-order valence-electron chi connectivity index (χ4n) is 0.828. The van der Waals surface area contributed by atoms with E-state index >= 15 is 0 Å². The number of carbonyl (C=O) groups is 2. The first-order valence-corrected chi connectivity index (χ1v) is 4.98. The molecule has 0 aromatic heterocycles. The van der Waals surface area contributed by atoms with Crippen molar-refractivity contribution in [2.24, 2.45) is 11.8 Å². The van der Waals surface area contributed by atoms with Crippen LogP contribution in [0.1, 0.15) is 40.5 Å². The predicted molar refractivity (Wildman–Crippen MR) is 52.2 cm³/mol. The van der Waals surface area contributed by atoms with Crippen LogP contribution in [0.5, 0.6) is 0 Å². The maximum Gasteiger partial charge on any atom is 0.346 e. The topological polar surface area (TPSA) is 61.8 Å². The minimum atomic E-state index is -0.553. The second-order valence-electron chi connectivity index (χ2n) is 4.17. The standard InChI is InChI=1S/C10H18O5/c1-7(2)5-9(11)13-15-14-10(12)6-8(3)4/h7-8H,5-6H2,1-4H3. The van der Waals surface area contributed by atoms with Crippen LogP contribution >= 0.6 is 0 Å². The molecule has 0 aromatic carbocycles. The van der Waals surface area contributed by atoms with Crippen molar-refractivity contribution in [3.63, 3.8) is 0 Å². The van der Waals surface area contributed by atoms with Gasteiger partial charge in [0.25, 0.3) is 0 Å². The quantitative estimate of drug-likeness (QED) is 0.504. The molecule has 0 spiro atoms. The Morgan fingerprint density at radius 3 is 1.47 bits per heavy atom. The maximum absolute atomic E-state index is 10.9. The Balaban J connectivity index is 3.53. The van der Waals surface area contributed by atoms with Crippen molar-refractivity contribution in [1.29, 1.82) is 0 Å². The average molecular weight is 218 g/mol. The molecule has 0 aromatic rings. The Morgan fingerprint density at radius 1 is 0.867 bits per heavy atom. The summed E-state index contributed by atoms with van der Waals surface area (Å²) in [5.74, 6) is -0.760. The Morgan fingerprint density at radius 2 is 1.20 bits per heavy atom. The Kier molecular flexibility index (Phi) is 6.70. The molecular weight excluding hydrogens is 200 g/mol. The van der Waals surface area contributed by atoms with Gasteiger partial charge in [0.05, 0.1) is 12.8 Å². The molecule has 0 bridgehead atoms. The molecule has 5 heteroatoms. The van der Waals surface area contributed by atoms with E-state index in [1.807, 2.05) is 27.7 Å². The molecule has 0 aliphatic carbocycles. The number of carbonyl (C=O) groups excluding carboxylic acids is 2. The van der Waals surface area contributed by atoms with Gasteiger partial charge in [0.2, 0.25) is 0 Å². The summed E-state index contributed by atoms with van der Waals surface area (Å²) in [6.07, 6.45) is 0.448. The number of hydrogen-bond acceptors (Lipinski definition) is 5. The van der Waals surface area contributed by atoms with E-state index < -0.39 is 11.9 Å². The van der Waals surface area contributed by atoms with Crippen LogP contribution in [0, 0.1) is 11.8 Å². The zero-order valence-electron chi connectivity index (χ0n) is 9.61. The first-order valence-electron chi connectivity index (χ1n) is 4.98. The molecule has 0 atom stereocenters. The summed E-state index contributed by atoms with van der Waals surface area (Å²) in [4.78, 5) is 30.3. The Bertz CT molecular complexity index is 188. The lowest BCUT2D eigenvalue weighted by Crippen LogP contribution is -2.13.